The van der Waals surface area contributed by atoms with Gasteiger partial charge in [0.25, 0.3) is 0 Å². The summed E-state index contributed by atoms with van der Waals surface area (Å²) in [6.45, 7) is 2.67. The molecule has 0 spiro atoms. The lowest BCUT2D eigenvalue weighted by Gasteiger charge is -2.07. The molecule has 4 aromatic rings. The molecule has 1 N–H and O–H groups in total. The molecule has 2 aromatic heterocycles. The van der Waals surface area contributed by atoms with E-state index in [0.717, 1.165) is 33.9 Å². The van der Waals surface area contributed by atoms with Crippen molar-refractivity contribution in [3.05, 3.63) is 65.5 Å². The Labute approximate surface area is 176 Å². The Kier molecular flexibility index (Phi) is 5.61. The number of nitrogens with zero attached hydrogens (tertiary/aromatic N) is 5. The molecule has 1 amide bonds. The van der Waals surface area contributed by atoms with E-state index in [4.69, 9.17) is 4.74 Å². The van der Waals surface area contributed by atoms with Crippen LogP contribution in [-0.4, -0.2) is 37.8 Å². The molecule has 4 rings (SSSR count). The number of anilines is 1. The molecule has 0 radical (unpaired) electrons. The fourth-order valence-corrected chi connectivity index (χ4v) is 3.31. The Morgan fingerprint density at radius 3 is 2.77 bits per heavy atom. The highest BCUT2D eigenvalue weighted by molar-refractivity contribution is 5.92. The third-order valence-electron chi connectivity index (χ3n) is 4.80. The van der Waals surface area contributed by atoms with Gasteiger partial charge < -0.3 is 10.1 Å². The second-order valence-electron chi connectivity index (χ2n) is 6.92. The molecule has 0 unspecified atom stereocenters. The first kappa shape index (κ1) is 20.5. The molecular formula is C21H20F2N6O2. The van der Waals surface area contributed by atoms with Crippen LogP contribution in [0.3, 0.4) is 0 Å². The first-order valence-corrected chi connectivity index (χ1v) is 9.63. The number of rotatable bonds is 7. The second kappa shape index (κ2) is 8.50. The van der Waals surface area contributed by atoms with Crippen molar-refractivity contribution in [3.63, 3.8) is 0 Å². The molecule has 0 fully saturated rings. The molecule has 0 aliphatic heterocycles. The second-order valence-corrected chi connectivity index (χ2v) is 6.92. The van der Waals surface area contributed by atoms with Crippen molar-refractivity contribution in [2.24, 2.45) is 0 Å². The van der Waals surface area contributed by atoms with Gasteiger partial charge in [-0.1, -0.05) is 6.07 Å². The van der Waals surface area contributed by atoms with Crippen LogP contribution in [0, 0.1) is 11.6 Å². The van der Waals surface area contributed by atoms with Crippen molar-refractivity contribution in [1.82, 2.24) is 24.8 Å². The summed E-state index contributed by atoms with van der Waals surface area (Å²) in [6.07, 6.45) is 3.27. The van der Waals surface area contributed by atoms with E-state index in [0.29, 0.717) is 0 Å². The van der Waals surface area contributed by atoms with Crippen LogP contribution in [0.25, 0.3) is 10.9 Å². The SMILES string of the molecule is CCn1ncc2cc(CC(=O)Nc3cnn(Cc4cc(OC)cc(F)c4F)n3)ccc21. The first-order chi connectivity index (χ1) is 15.0. The van der Waals surface area contributed by atoms with Gasteiger partial charge in [0.2, 0.25) is 5.91 Å². The number of fused-ring (bicyclic) bond motifs is 1. The quantitative estimate of drug-likeness (QED) is 0.491. The maximum Gasteiger partial charge on any atom is 0.230 e. The molecule has 0 atom stereocenters. The molecule has 10 heteroatoms. The summed E-state index contributed by atoms with van der Waals surface area (Å²) in [6, 6.07) is 8.08. The van der Waals surface area contributed by atoms with Crippen molar-refractivity contribution in [2.75, 3.05) is 12.4 Å². The summed E-state index contributed by atoms with van der Waals surface area (Å²) < 4.78 is 34.5. The number of amides is 1. The molecule has 8 nitrogen and oxygen atoms in total. The number of hydrogen-bond donors (Lipinski definition) is 1. The van der Waals surface area contributed by atoms with Crippen LogP contribution < -0.4 is 10.1 Å². The monoisotopic (exact) mass is 426 g/mol. The van der Waals surface area contributed by atoms with Crippen molar-refractivity contribution in [3.8, 4) is 5.75 Å². The van der Waals surface area contributed by atoms with Gasteiger partial charge in [-0.15, -0.1) is 5.10 Å². The molecule has 160 valence electrons. The molecule has 2 heterocycles. The normalized spacial score (nSPS) is 11.1. The average Bonchev–Trinajstić information content (AvgIpc) is 3.37. The minimum atomic E-state index is -1.02. The van der Waals surface area contributed by atoms with E-state index in [1.54, 1.807) is 6.20 Å². The molecule has 0 aliphatic carbocycles. The molecule has 31 heavy (non-hydrogen) atoms. The number of ether oxygens (including phenoxy) is 1. The van der Waals surface area contributed by atoms with E-state index in [2.05, 4.69) is 20.6 Å². The maximum atomic E-state index is 14.0. The summed E-state index contributed by atoms with van der Waals surface area (Å²) in [5, 5.41) is 16.0. The number of benzene rings is 2. The lowest BCUT2D eigenvalue weighted by atomic mass is 10.1. The van der Waals surface area contributed by atoms with Gasteiger partial charge in [-0.3, -0.25) is 9.48 Å². The smallest absolute Gasteiger partial charge is 0.230 e. The van der Waals surface area contributed by atoms with E-state index in [1.807, 2.05) is 29.8 Å². The predicted molar refractivity (Wildman–Crippen MR) is 110 cm³/mol. The molecular weight excluding hydrogens is 406 g/mol. The summed E-state index contributed by atoms with van der Waals surface area (Å²) in [5.74, 6) is -1.88. The van der Waals surface area contributed by atoms with E-state index in [-0.39, 0.29) is 36.0 Å². The zero-order valence-corrected chi connectivity index (χ0v) is 17.0. The number of methoxy groups -OCH3 is 1. The van der Waals surface area contributed by atoms with Crippen molar-refractivity contribution in [1.29, 1.82) is 0 Å². The van der Waals surface area contributed by atoms with Crippen LogP contribution in [0.1, 0.15) is 18.1 Å². The van der Waals surface area contributed by atoms with Crippen LogP contribution in [0.15, 0.2) is 42.7 Å². The number of carbonyl (C=O) groups is 1. The third-order valence-corrected chi connectivity index (χ3v) is 4.80. The molecule has 0 aliphatic rings. The highest BCUT2D eigenvalue weighted by atomic mass is 19.2. The van der Waals surface area contributed by atoms with Gasteiger partial charge in [0.15, 0.2) is 17.5 Å². The first-order valence-electron chi connectivity index (χ1n) is 9.63. The number of aryl methyl sites for hydroxylation is 1. The fourth-order valence-electron chi connectivity index (χ4n) is 3.31. The molecule has 0 saturated heterocycles. The number of nitrogens with one attached hydrogen (secondary N) is 1. The van der Waals surface area contributed by atoms with Crippen molar-refractivity contribution < 1.29 is 18.3 Å². The van der Waals surface area contributed by atoms with Crippen LogP contribution in [0.2, 0.25) is 0 Å². The number of carbonyl (C=O) groups excluding carboxylic acids is 1. The van der Waals surface area contributed by atoms with Gasteiger partial charge in [-0.05, 0) is 30.7 Å². The summed E-state index contributed by atoms with van der Waals surface area (Å²) in [5.41, 5.74) is 1.88. The summed E-state index contributed by atoms with van der Waals surface area (Å²) in [7, 11) is 1.36. The zero-order chi connectivity index (χ0) is 22.0. The van der Waals surface area contributed by atoms with Crippen molar-refractivity contribution >= 4 is 22.6 Å². The largest absolute Gasteiger partial charge is 0.497 e. The Hall–Kier alpha value is -3.82. The van der Waals surface area contributed by atoms with Crippen LogP contribution in [0.5, 0.6) is 5.75 Å². The van der Waals surface area contributed by atoms with Crippen LogP contribution >= 0.6 is 0 Å². The van der Waals surface area contributed by atoms with Gasteiger partial charge in [-0.2, -0.15) is 15.0 Å². The van der Waals surface area contributed by atoms with E-state index >= 15 is 0 Å². The van der Waals surface area contributed by atoms with Gasteiger partial charge in [0.1, 0.15) is 5.75 Å². The highest BCUT2D eigenvalue weighted by Gasteiger charge is 2.14. The van der Waals surface area contributed by atoms with Gasteiger partial charge in [0, 0.05) is 23.6 Å². The number of halogens is 2. The predicted octanol–water partition coefficient (Wildman–Crippen LogP) is 3.16. The lowest BCUT2D eigenvalue weighted by molar-refractivity contribution is -0.115. The average molecular weight is 426 g/mol. The molecule has 2 aromatic carbocycles. The number of hydrogen-bond acceptors (Lipinski definition) is 5. The van der Waals surface area contributed by atoms with E-state index in [1.165, 1.54) is 19.4 Å². The summed E-state index contributed by atoms with van der Waals surface area (Å²) in [4.78, 5) is 13.6. The topological polar surface area (TPSA) is 86.9 Å². The fraction of sp³-hybridized carbons (Fsp3) is 0.238. The van der Waals surface area contributed by atoms with Gasteiger partial charge in [-0.25, -0.2) is 8.78 Å². The van der Waals surface area contributed by atoms with Gasteiger partial charge >= 0.3 is 0 Å². The van der Waals surface area contributed by atoms with E-state index in [9.17, 15) is 13.6 Å². The summed E-state index contributed by atoms with van der Waals surface area (Å²) >= 11 is 0. The molecule has 0 saturated carbocycles. The lowest BCUT2D eigenvalue weighted by Crippen LogP contribution is -2.15. The van der Waals surface area contributed by atoms with Crippen LogP contribution in [0.4, 0.5) is 14.6 Å². The van der Waals surface area contributed by atoms with Gasteiger partial charge in [0.05, 0.1) is 38.0 Å². The third kappa shape index (κ3) is 4.37. The minimum Gasteiger partial charge on any atom is -0.497 e. The minimum absolute atomic E-state index is 0.0336. The Bertz CT molecular complexity index is 1250. The standard InChI is InChI=1S/C21H20F2N6O2/c1-3-28-18-5-4-13(6-14(18)10-24-28)7-20(30)26-19-11-25-29(27-19)12-15-8-16(31-2)9-17(22)21(15)23/h4-6,8-11H,3,7,12H2,1-2H3,(H,26,27,30). The maximum absolute atomic E-state index is 14.0. The van der Waals surface area contributed by atoms with Crippen LogP contribution in [-0.2, 0) is 24.3 Å². The Morgan fingerprint density at radius 2 is 2.00 bits per heavy atom. The Morgan fingerprint density at radius 1 is 1.16 bits per heavy atom. The molecule has 0 bridgehead atoms. The highest BCUT2D eigenvalue weighted by Crippen LogP contribution is 2.21. The van der Waals surface area contributed by atoms with Crippen molar-refractivity contribution in [2.45, 2.75) is 26.4 Å². The van der Waals surface area contributed by atoms with E-state index < -0.39 is 11.6 Å². The Balaban J connectivity index is 1.42. The number of aromatic nitrogens is 5. The zero-order valence-electron chi connectivity index (χ0n) is 17.0.